The Morgan fingerprint density at radius 3 is 2.43 bits per heavy atom. The Bertz CT molecular complexity index is 367. The highest BCUT2D eigenvalue weighted by Crippen LogP contribution is 2.28. The summed E-state index contributed by atoms with van der Waals surface area (Å²) in [5.74, 6) is 0. The van der Waals surface area contributed by atoms with Gasteiger partial charge in [0.2, 0.25) is 0 Å². The van der Waals surface area contributed by atoms with Crippen molar-refractivity contribution in [3.8, 4) is 6.07 Å². The lowest BCUT2D eigenvalue weighted by Gasteiger charge is -2.23. The minimum Gasteiger partial charge on any atom is -0.263 e. The Morgan fingerprint density at radius 1 is 1.36 bits per heavy atom. The number of aryl methyl sites for hydroxylation is 1. The molecule has 2 nitrogen and oxygen atoms in total. The Labute approximate surface area is 85.6 Å². The van der Waals surface area contributed by atoms with Gasteiger partial charge >= 0.3 is 0 Å². The second-order valence-electron chi connectivity index (χ2n) is 4.44. The van der Waals surface area contributed by atoms with Crippen molar-refractivity contribution in [3.05, 3.63) is 29.1 Å². The van der Waals surface area contributed by atoms with Crippen LogP contribution >= 0.6 is 0 Å². The molecule has 0 aliphatic carbocycles. The van der Waals surface area contributed by atoms with Crippen molar-refractivity contribution in [2.24, 2.45) is 0 Å². The summed E-state index contributed by atoms with van der Waals surface area (Å²) < 4.78 is 0. The van der Waals surface area contributed by atoms with E-state index in [4.69, 9.17) is 5.26 Å². The molecule has 0 saturated heterocycles. The summed E-state index contributed by atoms with van der Waals surface area (Å²) in [6.07, 6.45) is 4.44. The van der Waals surface area contributed by atoms with Crippen LogP contribution in [-0.4, -0.2) is 4.98 Å². The minimum atomic E-state index is 0.0132. The quantitative estimate of drug-likeness (QED) is 0.679. The standard InChI is InChI=1S/C12H16N2/c1-5-9-7-14-8-10(6-13)11(9)12(2,3)4/h7-8H,5H2,1-4H3. The zero-order chi connectivity index (χ0) is 10.8. The maximum atomic E-state index is 9.01. The first-order valence-electron chi connectivity index (χ1n) is 4.88. The Morgan fingerprint density at radius 2 is 2.00 bits per heavy atom. The van der Waals surface area contributed by atoms with E-state index in [-0.39, 0.29) is 5.41 Å². The third kappa shape index (κ3) is 1.93. The van der Waals surface area contributed by atoms with E-state index in [0.29, 0.717) is 5.56 Å². The van der Waals surface area contributed by atoms with Crippen molar-refractivity contribution >= 4 is 0 Å². The van der Waals surface area contributed by atoms with Gasteiger partial charge in [0, 0.05) is 12.4 Å². The molecule has 0 unspecified atom stereocenters. The van der Waals surface area contributed by atoms with Gasteiger partial charge in [-0.3, -0.25) is 4.98 Å². The second-order valence-corrected chi connectivity index (χ2v) is 4.44. The van der Waals surface area contributed by atoms with E-state index in [1.807, 2.05) is 6.20 Å². The van der Waals surface area contributed by atoms with Gasteiger partial charge in [-0.05, 0) is 23.0 Å². The monoisotopic (exact) mass is 188 g/mol. The van der Waals surface area contributed by atoms with Crippen molar-refractivity contribution in [2.45, 2.75) is 39.5 Å². The van der Waals surface area contributed by atoms with Crippen LogP contribution in [0.3, 0.4) is 0 Å². The van der Waals surface area contributed by atoms with Crippen LogP contribution in [0.15, 0.2) is 12.4 Å². The number of aromatic nitrogens is 1. The summed E-state index contributed by atoms with van der Waals surface area (Å²) in [4.78, 5) is 4.08. The number of rotatable bonds is 1. The lowest BCUT2D eigenvalue weighted by atomic mass is 9.81. The van der Waals surface area contributed by atoms with Crippen molar-refractivity contribution < 1.29 is 0 Å². The van der Waals surface area contributed by atoms with E-state index < -0.39 is 0 Å². The summed E-state index contributed by atoms with van der Waals surface area (Å²) in [6, 6.07) is 2.21. The van der Waals surface area contributed by atoms with Crippen LogP contribution in [-0.2, 0) is 11.8 Å². The smallest absolute Gasteiger partial charge is 0.101 e. The SMILES string of the molecule is CCc1cncc(C#N)c1C(C)(C)C. The van der Waals surface area contributed by atoms with Gasteiger partial charge in [-0.25, -0.2) is 0 Å². The third-order valence-electron chi connectivity index (χ3n) is 2.28. The average molecular weight is 188 g/mol. The van der Waals surface area contributed by atoms with Crippen LogP contribution in [0.25, 0.3) is 0 Å². The summed E-state index contributed by atoms with van der Waals surface area (Å²) in [5, 5.41) is 9.01. The number of pyridine rings is 1. The zero-order valence-electron chi connectivity index (χ0n) is 9.26. The maximum absolute atomic E-state index is 9.01. The lowest BCUT2D eigenvalue weighted by molar-refractivity contribution is 0.580. The molecule has 1 aromatic heterocycles. The van der Waals surface area contributed by atoms with Gasteiger partial charge in [0.1, 0.15) is 6.07 Å². The number of nitrogens with zero attached hydrogens (tertiary/aromatic N) is 2. The molecule has 0 aromatic carbocycles. The predicted octanol–water partition coefficient (Wildman–Crippen LogP) is 2.81. The third-order valence-corrected chi connectivity index (χ3v) is 2.28. The first-order valence-corrected chi connectivity index (χ1v) is 4.88. The molecule has 1 heterocycles. The zero-order valence-corrected chi connectivity index (χ0v) is 9.26. The van der Waals surface area contributed by atoms with Crippen molar-refractivity contribution in [1.82, 2.24) is 4.98 Å². The molecule has 0 radical (unpaired) electrons. The minimum absolute atomic E-state index is 0.0132. The first kappa shape index (κ1) is 10.7. The van der Waals surface area contributed by atoms with E-state index in [9.17, 15) is 0 Å². The van der Waals surface area contributed by atoms with Crippen LogP contribution in [0.2, 0.25) is 0 Å². The molecule has 0 atom stereocenters. The molecule has 74 valence electrons. The molecule has 2 heteroatoms. The van der Waals surface area contributed by atoms with Crippen LogP contribution in [0.5, 0.6) is 0 Å². The van der Waals surface area contributed by atoms with E-state index >= 15 is 0 Å². The van der Waals surface area contributed by atoms with E-state index in [1.165, 1.54) is 5.56 Å². The van der Waals surface area contributed by atoms with Crippen LogP contribution in [0.1, 0.15) is 44.4 Å². The molecule has 0 N–H and O–H groups in total. The highest BCUT2D eigenvalue weighted by molar-refractivity contribution is 5.44. The fourth-order valence-corrected chi connectivity index (χ4v) is 1.74. The molecule has 0 bridgehead atoms. The molecule has 14 heavy (non-hydrogen) atoms. The topological polar surface area (TPSA) is 36.7 Å². The highest BCUT2D eigenvalue weighted by atomic mass is 14.6. The van der Waals surface area contributed by atoms with Gasteiger partial charge < -0.3 is 0 Å². The average Bonchev–Trinajstić information content (AvgIpc) is 2.15. The molecule has 0 fully saturated rings. The summed E-state index contributed by atoms with van der Waals surface area (Å²) in [6.45, 7) is 8.47. The fraction of sp³-hybridized carbons (Fsp3) is 0.500. The van der Waals surface area contributed by atoms with Crippen LogP contribution in [0, 0.1) is 11.3 Å². The largest absolute Gasteiger partial charge is 0.263 e. The van der Waals surface area contributed by atoms with Crippen molar-refractivity contribution in [2.75, 3.05) is 0 Å². The van der Waals surface area contributed by atoms with Gasteiger partial charge in [0.05, 0.1) is 5.56 Å². The number of nitriles is 1. The van der Waals surface area contributed by atoms with Crippen molar-refractivity contribution in [3.63, 3.8) is 0 Å². The summed E-state index contributed by atoms with van der Waals surface area (Å²) in [7, 11) is 0. The normalized spacial score (nSPS) is 11.1. The molecule has 0 saturated carbocycles. The van der Waals surface area contributed by atoms with Gasteiger partial charge in [-0.2, -0.15) is 5.26 Å². The van der Waals surface area contributed by atoms with Crippen molar-refractivity contribution in [1.29, 1.82) is 5.26 Å². The summed E-state index contributed by atoms with van der Waals surface area (Å²) >= 11 is 0. The van der Waals surface area contributed by atoms with E-state index in [1.54, 1.807) is 6.20 Å². The Kier molecular flexibility index (Phi) is 2.90. The molecular weight excluding hydrogens is 172 g/mol. The molecule has 1 aromatic rings. The van der Waals surface area contributed by atoms with E-state index in [0.717, 1.165) is 12.0 Å². The summed E-state index contributed by atoms with van der Waals surface area (Å²) in [5.41, 5.74) is 3.03. The molecule has 0 amide bonds. The molecular formula is C12H16N2. The molecule has 0 aliphatic heterocycles. The predicted molar refractivity (Wildman–Crippen MR) is 57.0 cm³/mol. The molecule has 1 rings (SSSR count). The fourth-order valence-electron chi connectivity index (χ4n) is 1.74. The molecule has 0 aliphatic rings. The highest BCUT2D eigenvalue weighted by Gasteiger charge is 2.21. The van der Waals surface area contributed by atoms with Crippen LogP contribution < -0.4 is 0 Å². The Hall–Kier alpha value is -1.36. The molecule has 0 spiro atoms. The Balaban J connectivity index is 3.44. The maximum Gasteiger partial charge on any atom is 0.101 e. The second kappa shape index (κ2) is 3.79. The lowest BCUT2D eigenvalue weighted by Crippen LogP contribution is -2.16. The van der Waals surface area contributed by atoms with E-state index in [2.05, 4.69) is 38.7 Å². The first-order chi connectivity index (χ1) is 6.50. The van der Waals surface area contributed by atoms with Gasteiger partial charge in [0.25, 0.3) is 0 Å². The number of hydrogen-bond acceptors (Lipinski definition) is 2. The van der Waals surface area contributed by atoms with Gasteiger partial charge in [0.15, 0.2) is 0 Å². The van der Waals surface area contributed by atoms with Crippen LogP contribution in [0.4, 0.5) is 0 Å². The number of hydrogen-bond donors (Lipinski definition) is 0. The van der Waals surface area contributed by atoms with Gasteiger partial charge in [-0.15, -0.1) is 0 Å². The van der Waals surface area contributed by atoms with Gasteiger partial charge in [-0.1, -0.05) is 27.7 Å².